The molecule has 1 nitrogen and oxygen atoms in total. The first-order valence-corrected chi connectivity index (χ1v) is 4.70. The number of benzene rings is 1. The molecular formula is C10H10Cl2O. The van der Waals surface area contributed by atoms with E-state index in [4.69, 9.17) is 23.2 Å². The normalized spacial score (nSPS) is 10.2. The summed E-state index contributed by atoms with van der Waals surface area (Å²) in [7, 11) is 0. The predicted molar refractivity (Wildman–Crippen MR) is 55.6 cm³/mol. The lowest BCUT2D eigenvalue weighted by atomic mass is 10.0. The molecule has 1 rings (SSSR count). The third-order valence-corrected chi connectivity index (χ3v) is 2.54. The van der Waals surface area contributed by atoms with Crippen LogP contribution in [0, 0.1) is 6.92 Å². The molecule has 3 heteroatoms. The fourth-order valence-electron chi connectivity index (χ4n) is 1.15. The highest BCUT2D eigenvalue weighted by molar-refractivity contribution is 6.42. The number of rotatable bonds is 2. The zero-order valence-electron chi connectivity index (χ0n) is 7.53. The highest BCUT2D eigenvalue weighted by Crippen LogP contribution is 2.25. The molecule has 0 bridgehead atoms. The molecule has 0 N–H and O–H groups in total. The van der Waals surface area contributed by atoms with Crippen LogP contribution in [0.3, 0.4) is 0 Å². The first-order valence-electron chi connectivity index (χ1n) is 3.94. The second-order valence-corrected chi connectivity index (χ2v) is 3.89. The van der Waals surface area contributed by atoms with Gasteiger partial charge < -0.3 is 0 Å². The van der Waals surface area contributed by atoms with Crippen LogP contribution in [0.25, 0.3) is 0 Å². The number of halogens is 2. The van der Waals surface area contributed by atoms with Crippen LogP contribution in [0.4, 0.5) is 0 Å². The van der Waals surface area contributed by atoms with Crippen molar-refractivity contribution in [2.24, 2.45) is 0 Å². The number of hydrogen-bond donors (Lipinski definition) is 0. The molecule has 0 amide bonds. The Hall–Kier alpha value is -0.530. The molecule has 0 saturated heterocycles. The van der Waals surface area contributed by atoms with Crippen molar-refractivity contribution < 1.29 is 4.79 Å². The van der Waals surface area contributed by atoms with Gasteiger partial charge in [-0.2, -0.15) is 0 Å². The summed E-state index contributed by atoms with van der Waals surface area (Å²) in [5.41, 5.74) is 1.95. The van der Waals surface area contributed by atoms with E-state index in [1.165, 1.54) is 0 Å². The van der Waals surface area contributed by atoms with Gasteiger partial charge in [0.05, 0.1) is 10.0 Å². The fraction of sp³-hybridized carbons (Fsp3) is 0.300. The Morgan fingerprint density at radius 1 is 1.31 bits per heavy atom. The Morgan fingerprint density at radius 3 is 2.38 bits per heavy atom. The maximum absolute atomic E-state index is 10.9. The zero-order chi connectivity index (χ0) is 10.0. The van der Waals surface area contributed by atoms with Crippen LogP contribution in [0.15, 0.2) is 12.1 Å². The van der Waals surface area contributed by atoms with Crippen molar-refractivity contribution in [2.45, 2.75) is 20.3 Å². The van der Waals surface area contributed by atoms with E-state index in [1.807, 2.05) is 6.92 Å². The van der Waals surface area contributed by atoms with Crippen molar-refractivity contribution in [3.8, 4) is 0 Å². The van der Waals surface area contributed by atoms with Gasteiger partial charge in [0.15, 0.2) is 0 Å². The van der Waals surface area contributed by atoms with Gasteiger partial charge in [-0.15, -0.1) is 0 Å². The maximum atomic E-state index is 10.9. The molecule has 0 aliphatic heterocycles. The van der Waals surface area contributed by atoms with Gasteiger partial charge >= 0.3 is 0 Å². The van der Waals surface area contributed by atoms with Gasteiger partial charge in [0.1, 0.15) is 5.78 Å². The maximum Gasteiger partial charge on any atom is 0.134 e. The number of carbonyl (C=O) groups excluding carboxylic acids is 1. The molecule has 13 heavy (non-hydrogen) atoms. The van der Waals surface area contributed by atoms with E-state index in [1.54, 1.807) is 19.1 Å². The first-order chi connectivity index (χ1) is 6.00. The minimum absolute atomic E-state index is 0.126. The number of ketones is 1. The Labute approximate surface area is 87.7 Å². The largest absolute Gasteiger partial charge is 0.300 e. The van der Waals surface area contributed by atoms with Crippen LogP contribution in [0.1, 0.15) is 18.1 Å². The van der Waals surface area contributed by atoms with Gasteiger partial charge in [0.25, 0.3) is 0 Å². The van der Waals surface area contributed by atoms with E-state index < -0.39 is 0 Å². The summed E-state index contributed by atoms with van der Waals surface area (Å²) >= 11 is 11.6. The molecule has 0 saturated carbocycles. The molecule has 0 fully saturated rings. The molecule has 1 aromatic rings. The summed E-state index contributed by atoms with van der Waals surface area (Å²) in [6.07, 6.45) is 0.419. The van der Waals surface area contributed by atoms with Gasteiger partial charge in [-0.1, -0.05) is 23.2 Å². The Kier molecular flexibility index (Phi) is 3.34. The van der Waals surface area contributed by atoms with Gasteiger partial charge in [-0.05, 0) is 37.1 Å². The molecule has 0 atom stereocenters. The van der Waals surface area contributed by atoms with Gasteiger partial charge in [0, 0.05) is 6.42 Å². The molecule has 0 spiro atoms. The molecule has 0 radical (unpaired) electrons. The summed E-state index contributed by atoms with van der Waals surface area (Å²) < 4.78 is 0. The third kappa shape index (κ3) is 2.71. The topological polar surface area (TPSA) is 17.1 Å². The second kappa shape index (κ2) is 4.12. The van der Waals surface area contributed by atoms with Crippen LogP contribution in [0.2, 0.25) is 10.0 Å². The smallest absolute Gasteiger partial charge is 0.134 e. The molecule has 70 valence electrons. The summed E-state index contributed by atoms with van der Waals surface area (Å²) in [4.78, 5) is 10.9. The molecule has 0 aliphatic carbocycles. The van der Waals surface area contributed by atoms with Gasteiger partial charge in [-0.3, -0.25) is 4.79 Å². The van der Waals surface area contributed by atoms with Crippen molar-refractivity contribution in [2.75, 3.05) is 0 Å². The molecule has 0 heterocycles. The third-order valence-electron chi connectivity index (χ3n) is 1.82. The van der Waals surface area contributed by atoms with Crippen LogP contribution >= 0.6 is 23.2 Å². The van der Waals surface area contributed by atoms with E-state index in [0.29, 0.717) is 16.5 Å². The monoisotopic (exact) mass is 216 g/mol. The number of hydrogen-bond acceptors (Lipinski definition) is 1. The van der Waals surface area contributed by atoms with E-state index in [0.717, 1.165) is 11.1 Å². The van der Waals surface area contributed by atoms with Crippen molar-refractivity contribution in [1.82, 2.24) is 0 Å². The molecule has 0 aromatic heterocycles. The number of aryl methyl sites for hydroxylation is 1. The average Bonchev–Trinajstić information content (AvgIpc) is 1.99. The first kappa shape index (κ1) is 10.6. The SMILES string of the molecule is CC(=O)Cc1cc(Cl)c(Cl)cc1C. The summed E-state index contributed by atoms with van der Waals surface area (Å²) in [5, 5.41) is 1.04. The fourth-order valence-corrected chi connectivity index (χ4v) is 1.55. The summed E-state index contributed by atoms with van der Waals surface area (Å²) in [5.74, 6) is 0.126. The number of Topliss-reactive ketones (excluding diaryl/α,β-unsaturated/α-hetero) is 1. The van der Waals surface area contributed by atoms with E-state index in [-0.39, 0.29) is 5.78 Å². The lowest BCUT2D eigenvalue weighted by molar-refractivity contribution is -0.116. The van der Waals surface area contributed by atoms with Crippen molar-refractivity contribution in [3.63, 3.8) is 0 Å². The van der Waals surface area contributed by atoms with Gasteiger partial charge in [-0.25, -0.2) is 0 Å². The van der Waals surface area contributed by atoms with E-state index in [2.05, 4.69) is 0 Å². The standard InChI is InChI=1S/C10H10Cl2O/c1-6-3-9(11)10(12)5-8(6)4-7(2)13/h3,5H,4H2,1-2H3. The van der Waals surface area contributed by atoms with Crippen molar-refractivity contribution in [1.29, 1.82) is 0 Å². The molecule has 0 unspecified atom stereocenters. The number of carbonyl (C=O) groups is 1. The minimum atomic E-state index is 0.126. The van der Waals surface area contributed by atoms with Crippen LogP contribution in [0.5, 0.6) is 0 Å². The Morgan fingerprint density at radius 2 is 1.85 bits per heavy atom. The second-order valence-electron chi connectivity index (χ2n) is 3.07. The molecule has 1 aromatic carbocycles. The lowest BCUT2D eigenvalue weighted by Crippen LogP contribution is -1.98. The molecule has 0 aliphatic rings. The van der Waals surface area contributed by atoms with Crippen LogP contribution in [-0.2, 0) is 11.2 Å². The highest BCUT2D eigenvalue weighted by atomic mass is 35.5. The quantitative estimate of drug-likeness (QED) is 0.741. The molecular weight excluding hydrogens is 207 g/mol. The summed E-state index contributed by atoms with van der Waals surface area (Å²) in [6, 6.07) is 3.53. The highest BCUT2D eigenvalue weighted by Gasteiger charge is 2.05. The van der Waals surface area contributed by atoms with Crippen molar-refractivity contribution in [3.05, 3.63) is 33.3 Å². The van der Waals surface area contributed by atoms with Crippen LogP contribution in [-0.4, -0.2) is 5.78 Å². The van der Waals surface area contributed by atoms with E-state index >= 15 is 0 Å². The zero-order valence-corrected chi connectivity index (χ0v) is 9.04. The Bertz CT molecular complexity index is 345. The summed E-state index contributed by atoms with van der Waals surface area (Å²) in [6.45, 7) is 3.47. The Balaban J connectivity index is 3.08. The average molecular weight is 217 g/mol. The van der Waals surface area contributed by atoms with Crippen molar-refractivity contribution >= 4 is 29.0 Å². The van der Waals surface area contributed by atoms with E-state index in [9.17, 15) is 4.79 Å². The predicted octanol–water partition coefficient (Wildman–Crippen LogP) is 3.43. The van der Waals surface area contributed by atoms with Gasteiger partial charge in [0.2, 0.25) is 0 Å². The minimum Gasteiger partial charge on any atom is -0.300 e. The lowest BCUT2D eigenvalue weighted by Gasteiger charge is -2.05. The van der Waals surface area contributed by atoms with Crippen LogP contribution < -0.4 is 0 Å².